The average Bonchev–Trinajstić information content (AvgIpc) is 2.49. The van der Waals surface area contributed by atoms with Crippen molar-refractivity contribution in [2.45, 2.75) is 26.7 Å². The summed E-state index contributed by atoms with van der Waals surface area (Å²) in [5, 5.41) is 9.18. The van der Waals surface area contributed by atoms with Crippen molar-refractivity contribution in [3.05, 3.63) is 22.8 Å². The summed E-state index contributed by atoms with van der Waals surface area (Å²) < 4.78 is 0. The molecule has 0 aromatic carbocycles. The van der Waals surface area contributed by atoms with Gasteiger partial charge in [-0.15, -0.1) is 0 Å². The number of fused-ring (bicyclic) bond motifs is 1. The minimum Gasteiger partial charge on any atom is -0.477 e. The lowest BCUT2D eigenvalue weighted by atomic mass is 10.1. The zero-order valence-corrected chi connectivity index (χ0v) is 10.2. The molecule has 1 aromatic heterocycles. The van der Waals surface area contributed by atoms with Crippen LogP contribution in [0.4, 0.5) is 0 Å². The summed E-state index contributed by atoms with van der Waals surface area (Å²) in [5.74, 6) is -0.400. The SMILES string of the molecule is CCN1CCc2nc(C)nc(C(=O)O)c2CC1. The van der Waals surface area contributed by atoms with Crippen molar-refractivity contribution in [3.63, 3.8) is 0 Å². The van der Waals surface area contributed by atoms with E-state index >= 15 is 0 Å². The number of likely N-dealkylation sites (N-methyl/N-ethyl adjacent to an activating group) is 1. The van der Waals surface area contributed by atoms with Crippen LogP contribution in [-0.4, -0.2) is 45.6 Å². The predicted octanol–water partition coefficient (Wildman–Crippen LogP) is 0.904. The first-order valence-corrected chi connectivity index (χ1v) is 5.94. The third kappa shape index (κ3) is 2.44. The van der Waals surface area contributed by atoms with E-state index < -0.39 is 5.97 Å². The van der Waals surface area contributed by atoms with Gasteiger partial charge in [-0.1, -0.05) is 6.92 Å². The van der Waals surface area contributed by atoms with Crippen molar-refractivity contribution in [1.29, 1.82) is 0 Å². The van der Waals surface area contributed by atoms with Gasteiger partial charge in [-0.05, 0) is 19.9 Å². The van der Waals surface area contributed by atoms with Crippen molar-refractivity contribution in [3.8, 4) is 0 Å². The quantitative estimate of drug-likeness (QED) is 0.825. The first-order valence-electron chi connectivity index (χ1n) is 5.94. The van der Waals surface area contributed by atoms with Gasteiger partial charge in [0.05, 0.1) is 0 Å². The average molecular weight is 235 g/mol. The van der Waals surface area contributed by atoms with E-state index in [9.17, 15) is 9.90 Å². The maximum absolute atomic E-state index is 11.2. The molecule has 0 spiro atoms. The Morgan fingerprint density at radius 1 is 1.35 bits per heavy atom. The molecule has 1 aliphatic heterocycles. The molecule has 5 heteroatoms. The van der Waals surface area contributed by atoms with E-state index in [1.165, 1.54) is 0 Å². The van der Waals surface area contributed by atoms with Gasteiger partial charge in [-0.3, -0.25) is 0 Å². The van der Waals surface area contributed by atoms with E-state index in [1.54, 1.807) is 6.92 Å². The number of aromatic carboxylic acids is 1. The number of hydrogen-bond acceptors (Lipinski definition) is 4. The topological polar surface area (TPSA) is 66.3 Å². The fraction of sp³-hybridized carbons (Fsp3) is 0.583. The fourth-order valence-electron chi connectivity index (χ4n) is 2.26. The number of hydrogen-bond donors (Lipinski definition) is 1. The van der Waals surface area contributed by atoms with Crippen LogP contribution in [0.1, 0.15) is 34.5 Å². The van der Waals surface area contributed by atoms with Gasteiger partial charge in [-0.2, -0.15) is 0 Å². The van der Waals surface area contributed by atoms with Gasteiger partial charge in [0.15, 0.2) is 5.69 Å². The van der Waals surface area contributed by atoms with Crippen LogP contribution in [0.25, 0.3) is 0 Å². The summed E-state index contributed by atoms with van der Waals surface area (Å²) in [5.41, 5.74) is 1.91. The molecular weight excluding hydrogens is 218 g/mol. The Morgan fingerprint density at radius 3 is 2.71 bits per heavy atom. The monoisotopic (exact) mass is 235 g/mol. The summed E-state index contributed by atoms with van der Waals surface area (Å²) >= 11 is 0. The second-order valence-electron chi connectivity index (χ2n) is 4.28. The molecule has 5 nitrogen and oxygen atoms in total. The molecule has 1 aromatic rings. The van der Waals surface area contributed by atoms with E-state index in [0.29, 0.717) is 5.82 Å². The van der Waals surface area contributed by atoms with Crippen LogP contribution in [0.5, 0.6) is 0 Å². The van der Waals surface area contributed by atoms with Gasteiger partial charge in [-0.25, -0.2) is 14.8 Å². The number of aromatic nitrogens is 2. The van der Waals surface area contributed by atoms with Crippen LogP contribution < -0.4 is 0 Å². The smallest absolute Gasteiger partial charge is 0.354 e. The lowest BCUT2D eigenvalue weighted by molar-refractivity contribution is 0.0688. The van der Waals surface area contributed by atoms with E-state index in [2.05, 4.69) is 21.8 Å². The minimum absolute atomic E-state index is 0.186. The Kier molecular flexibility index (Phi) is 3.38. The Morgan fingerprint density at radius 2 is 2.06 bits per heavy atom. The normalized spacial score (nSPS) is 16.4. The first kappa shape index (κ1) is 12.0. The van der Waals surface area contributed by atoms with Crippen LogP contribution in [0.15, 0.2) is 0 Å². The van der Waals surface area contributed by atoms with Crippen molar-refractivity contribution in [2.75, 3.05) is 19.6 Å². The van der Waals surface area contributed by atoms with E-state index in [1.807, 2.05) is 0 Å². The maximum atomic E-state index is 11.2. The maximum Gasteiger partial charge on any atom is 0.354 e. The summed E-state index contributed by atoms with van der Waals surface area (Å²) in [4.78, 5) is 21.9. The van der Waals surface area contributed by atoms with E-state index in [-0.39, 0.29) is 5.69 Å². The number of rotatable bonds is 2. The van der Waals surface area contributed by atoms with Crippen molar-refractivity contribution >= 4 is 5.97 Å². The van der Waals surface area contributed by atoms with E-state index in [0.717, 1.165) is 43.7 Å². The van der Waals surface area contributed by atoms with Gasteiger partial charge >= 0.3 is 5.97 Å². The molecule has 0 aliphatic carbocycles. The van der Waals surface area contributed by atoms with Crippen LogP contribution in [0.3, 0.4) is 0 Å². The molecule has 1 N–H and O–H groups in total. The number of carboxylic acid groups (broad SMARTS) is 1. The zero-order chi connectivity index (χ0) is 12.4. The second-order valence-corrected chi connectivity index (χ2v) is 4.28. The highest BCUT2D eigenvalue weighted by atomic mass is 16.4. The third-order valence-corrected chi connectivity index (χ3v) is 3.20. The Balaban J connectivity index is 2.41. The van der Waals surface area contributed by atoms with Gasteiger partial charge in [0.2, 0.25) is 0 Å². The lowest BCUT2D eigenvalue weighted by Crippen LogP contribution is -2.25. The molecule has 0 unspecified atom stereocenters. The molecule has 92 valence electrons. The van der Waals surface area contributed by atoms with Gasteiger partial charge in [0.25, 0.3) is 0 Å². The predicted molar refractivity (Wildman–Crippen MR) is 63.3 cm³/mol. The zero-order valence-electron chi connectivity index (χ0n) is 10.2. The fourth-order valence-corrected chi connectivity index (χ4v) is 2.26. The highest BCUT2D eigenvalue weighted by Crippen LogP contribution is 2.17. The molecule has 1 aliphatic rings. The molecule has 0 fully saturated rings. The molecule has 17 heavy (non-hydrogen) atoms. The number of nitrogens with zero attached hydrogens (tertiary/aromatic N) is 3. The highest BCUT2D eigenvalue weighted by molar-refractivity contribution is 5.87. The largest absolute Gasteiger partial charge is 0.477 e. The number of carbonyl (C=O) groups is 1. The summed E-state index contributed by atoms with van der Waals surface area (Å²) in [6, 6.07) is 0. The first-order chi connectivity index (χ1) is 8.11. The van der Waals surface area contributed by atoms with Gasteiger partial charge in [0, 0.05) is 30.8 Å². The molecule has 2 heterocycles. The molecular formula is C12H17N3O2. The standard InChI is InChI=1S/C12H17N3O2/c1-3-15-6-4-9-10(5-7-15)13-8(2)14-11(9)12(16)17/h3-7H2,1-2H3,(H,16,17). The number of aryl methyl sites for hydroxylation is 1. The Labute approximate surface area is 100 Å². The minimum atomic E-state index is -0.948. The van der Waals surface area contributed by atoms with Gasteiger partial charge in [0.1, 0.15) is 5.82 Å². The van der Waals surface area contributed by atoms with Crippen molar-refractivity contribution in [2.24, 2.45) is 0 Å². The van der Waals surface area contributed by atoms with Crippen molar-refractivity contribution < 1.29 is 9.90 Å². The summed E-state index contributed by atoms with van der Waals surface area (Å²) in [6.07, 6.45) is 1.54. The lowest BCUT2D eigenvalue weighted by Gasteiger charge is -2.16. The highest BCUT2D eigenvalue weighted by Gasteiger charge is 2.21. The van der Waals surface area contributed by atoms with E-state index in [4.69, 9.17) is 0 Å². The second kappa shape index (κ2) is 4.79. The number of carboxylic acids is 1. The van der Waals surface area contributed by atoms with Crippen LogP contribution >= 0.6 is 0 Å². The molecule has 2 rings (SSSR count). The van der Waals surface area contributed by atoms with Crippen LogP contribution in [0, 0.1) is 6.92 Å². The summed E-state index contributed by atoms with van der Waals surface area (Å²) in [7, 11) is 0. The molecule has 0 atom stereocenters. The Hall–Kier alpha value is -1.49. The summed E-state index contributed by atoms with van der Waals surface area (Å²) in [6.45, 7) is 6.68. The molecule has 0 amide bonds. The van der Waals surface area contributed by atoms with Gasteiger partial charge < -0.3 is 10.0 Å². The third-order valence-electron chi connectivity index (χ3n) is 3.20. The van der Waals surface area contributed by atoms with Crippen molar-refractivity contribution in [1.82, 2.24) is 14.9 Å². The molecule has 0 bridgehead atoms. The molecule has 0 radical (unpaired) electrons. The van der Waals surface area contributed by atoms with Crippen LogP contribution in [0.2, 0.25) is 0 Å². The van der Waals surface area contributed by atoms with Crippen LogP contribution in [-0.2, 0) is 12.8 Å². The molecule has 0 saturated carbocycles. The molecule has 0 saturated heterocycles. The Bertz CT molecular complexity index is 446.